The predicted molar refractivity (Wildman–Crippen MR) is 64.6 cm³/mol. The van der Waals surface area contributed by atoms with Crippen molar-refractivity contribution in [2.45, 2.75) is 53.1 Å². The third kappa shape index (κ3) is 2.28. The molecule has 0 saturated carbocycles. The van der Waals surface area contributed by atoms with Crippen LogP contribution >= 0.6 is 0 Å². The van der Waals surface area contributed by atoms with Crippen LogP contribution in [0.4, 0.5) is 0 Å². The van der Waals surface area contributed by atoms with E-state index in [9.17, 15) is 4.79 Å². The smallest absolute Gasteiger partial charge is 0.263 e. The number of rotatable bonds is 0. The van der Waals surface area contributed by atoms with E-state index in [0.29, 0.717) is 5.96 Å². The number of hydrogen-bond donors (Lipinski definition) is 2. The van der Waals surface area contributed by atoms with E-state index in [-0.39, 0.29) is 22.9 Å². The average molecular weight is 226 g/mol. The molecular formula is C11H22N4O. The summed E-state index contributed by atoms with van der Waals surface area (Å²) >= 11 is 0. The summed E-state index contributed by atoms with van der Waals surface area (Å²) in [5.74, 6) is 0.267. The molecule has 0 aromatic carbocycles. The van der Waals surface area contributed by atoms with Crippen molar-refractivity contribution in [3.05, 3.63) is 0 Å². The summed E-state index contributed by atoms with van der Waals surface area (Å²) in [7, 11) is 0. The SMILES string of the molecule is CC(C)(C)C1C(=O)NN=C(N)N1C(C)(C)C. The standard InChI is InChI=1S/C11H22N4O/c1-10(2,3)7-8(16)13-14-9(12)15(7)11(4,5)6/h7H,1-6H3,(H2,12,14)(H,13,16). The van der Waals surface area contributed by atoms with Crippen LogP contribution in [-0.4, -0.2) is 28.3 Å². The zero-order valence-electron chi connectivity index (χ0n) is 11.0. The lowest BCUT2D eigenvalue weighted by molar-refractivity contribution is -0.131. The fourth-order valence-electron chi connectivity index (χ4n) is 1.99. The number of nitrogens with zero attached hydrogens (tertiary/aromatic N) is 2. The van der Waals surface area contributed by atoms with E-state index in [1.807, 2.05) is 46.4 Å². The monoisotopic (exact) mass is 226 g/mol. The molecule has 1 unspecified atom stereocenters. The van der Waals surface area contributed by atoms with Gasteiger partial charge in [-0.25, -0.2) is 5.43 Å². The summed E-state index contributed by atoms with van der Waals surface area (Å²) in [6.45, 7) is 12.1. The molecule has 0 bridgehead atoms. The second-order valence-corrected chi connectivity index (χ2v) is 6.26. The molecule has 1 aliphatic heterocycles. The summed E-state index contributed by atoms with van der Waals surface area (Å²) in [5.41, 5.74) is 7.92. The first kappa shape index (κ1) is 12.8. The number of hydrazone groups is 1. The zero-order valence-corrected chi connectivity index (χ0v) is 11.0. The van der Waals surface area contributed by atoms with Gasteiger partial charge in [0.1, 0.15) is 6.04 Å². The summed E-state index contributed by atoms with van der Waals surface area (Å²) in [4.78, 5) is 13.8. The maximum Gasteiger partial charge on any atom is 0.263 e. The van der Waals surface area contributed by atoms with Crippen molar-refractivity contribution in [3.8, 4) is 0 Å². The van der Waals surface area contributed by atoms with Crippen molar-refractivity contribution in [2.75, 3.05) is 0 Å². The quantitative estimate of drug-likeness (QED) is 0.643. The number of guanidine groups is 1. The van der Waals surface area contributed by atoms with Crippen LogP contribution in [-0.2, 0) is 4.79 Å². The average Bonchev–Trinajstić information content (AvgIpc) is 2.04. The Balaban J connectivity index is 3.21. The molecule has 16 heavy (non-hydrogen) atoms. The molecule has 0 radical (unpaired) electrons. The van der Waals surface area contributed by atoms with Crippen molar-refractivity contribution in [2.24, 2.45) is 16.3 Å². The van der Waals surface area contributed by atoms with Crippen molar-refractivity contribution < 1.29 is 4.79 Å². The summed E-state index contributed by atoms with van der Waals surface area (Å²) in [5, 5.41) is 3.84. The molecule has 92 valence electrons. The maximum absolute atomic E-state index is 11.9. The second kappa shape index (κ2) is 3.64. The highest BCUT2D eigenvalue weighted by molar-refractivity contribution is 5.93. The van der Waals surface area contributed by atoms with Gasteiger partial charge in [0, 0.05) is 5.54 Å². The van der Waals surface area contributed by atoms with Crippen molar-refractivity contribution in [1.82, 2.24) is 10.3 Å². The Labute approximate surface area is 97.1 Å². The maximum atomic E-state index is 11.9. The summed E-state index contributed by atoms with van der Waals surface area (Å²) < 4.78 is 0. The van der Waals surface area contributed by atoms with Crippen molar-refractivity contribution in [3.63, 3.8) is 0 Å². The Morgan fingerprint density at radius 3 is 2.06 bits per heavy atom. The number of amides is 1. The number of nitrogens with one attached hydrogen (secondary N) is 1. The van der Waals surface area contributed by atoms with E-state index in [4.69, 9.17) is 5.73 Å². The molecule has 0 aliphatic carbocycles. The van der Waals surface area contributed by atoms with Gasteiger partial charge in [0.05, 0.1) is 0 Å². The van der Waals surface area contributed by atoms with Crippen molar-refractivity contribution in [1.29, 1.82) is 0 Å². The van der Waals surface area contributed by atoms with Gasteiger partial charge in [-0.2, -0.15) is 0 Å². The van der Waals surface area contributed by atoms with Crippen LogP contribution in [0.15, 0.2) is 5.10 Å². The molecular weight excluding hydrogens is 204 g/mol. The van der Waals surface area contributed by atoms with E-state index in [1.165, 1.54) is 0 Å². The fourth-order valence-corrected chi connectivity index (χ4v) is 1.99. The molecule has 0 aromatic heterocycles. The fraction of sp³-hybridized carbons (Fsp3) is 0.818. The van der Waals surface area contributed by atoms with Gasteiger partial charge in [-0.3, -0.25) is 4.79 Å². The van der Waals surface area contributed by atoms with Gasteiger partial charge in [-0.05, 0) is 26.2 Å². The van der Waals surface area contributed by atoms with Gasteiger partial charge < -0.3 is 10.6 Å². The molecule has 1 heterocycles. The minimum Gasteiger partial charge on any atom is -0.368 e. The van der Waals surface area contributed by atoms with Crippen LogP contribution in [0, 0.1) is 5.41 Å². The normalized spacial score (nSPS) is 22.9. The van der Waals surface area contributed by atoms with Gasteiger partial charge in [0.2, 0.25) is 5.96 Å². The van der Waals surface area contributed by atoms with Gasteiger partial charge in [0.15, 0.2) is 0 Å². The Kier molecular flexibility index (Phi) is 2.92. The Hall–Kier alpha value is -1.26. The highest BCUT2D eigenvalue weighted by Crippen LogP contribution is 2.31. The molecule has 5 heteroatoms. The summed E-state index contributed by atoms with van der Waals surface area (Å²) in [6, 6.07) is -0.301. The molecule has 1 amide bonds. The molecule has 1 atom stereocenters. The Bertz CT molecular complexity index is 322. The van der Waals surface area contributed by atoms with E-state index < -0.39 is 0 Å². The largest absolute Gasteiger partial charge is 0.368 e. The molecule has 0 fully saturated rings. The third-order valence-corrected chi connectivity index (χ3v) is 2.58. The predicted octanol–water partition coefficient (Wildman–Crippen LogP) is 0.861. The first-order valence-corrected chi connectivity index (χ1v) is 5.47. The van der Waals surface area contributed by atoms with Crippen LogP contribution in [0.1, 0.15) is 41.5 Å². The van der Waals surface area contributed by atoms with Gasteiger partial charge in [-0.15, -0.1) is 5.10 Å². The Morgan fingerprint density at radius 2 is 1.75 bits per heavy atom. The van der Waals surface area contributed by atoms with Gasteiger partial charge >= 0.3 is 0 Å². The van der Waals surface area contributed by atoms with E-state index >= 15 is 0 Å². The zero-order chi connectivity index (χ0) is 12.7. The van der Waals surface area contributed by atoms with Crippen LogP contribution in [0.25, 0.3) is 0 Å². The first-order chi connectivity index (χ1) is 7.05. The second-order valence-electron chi connectivity index (χ2n) is 6.26. The molecule has 0 aromatic rings. The van der Waals surface area contributed by atoms with E-state index in [0.717, 1.165) is 0 Å². The topological polar surface area (TPSA) is 70.7 Å². The lowest BCUT2D eigenvalue weighted by Crippen LogP contribution is -2.66. The lowest BCUT2D eigenvalue weighted by atomic mass is 9.82. The van der Waals surface area contributed by atoms with Crippen LogP contribution in [0.5, 0.6) is 0 Å². The van der Waals surface area contributed by atoms with E-state index in [1.54, 1.807) is 0 Å². The van der Waals surface area contributed by atoms with Crippen molar-refractivity contribution >= 4 is 11.9 Å². The minimum atomic E-state index is -0.301. The molecule has 0 spiro atoms. The number of nitrogens with two attached hydrogens (primary N) is 1. The first-order valence-electron chi connectivity index (χ1n) is 5.47. The van der Waals surface area contributed by atoms with Crippen LogP contribution in [0.2, 0.25) is 0 Å². The molecule has 0 saturated heterocycles. The van der Waals surface area contributed by atoms with Crippen LogP contribution < -0.4 is 11.2 Å². The van der Waals surface area contributed by atoms with E-state index in [2.05, 4.69) is 10.5 Å². The van der Waals surface area contributed by atoms with Gasteiger partial charge in [0.25, 0.3) is 5.91 Å². The highest BCUT2D eigenvalue weighted by atomic mass is 16.2. The third-order valence-electron chi connectivity index (χ3n) is 2.58. The molecule has 5 nitrogen and oxygen atoms in total. The number of hydrogen-bond acceptors (Lipinski definition) is 4. The lowest BCUT2D eigenvalue weighted by Gasteiger charge is -2.48. The Morgan fingerprint density at radius 1 is 1.25 bits per heavy atom. The van der Waals surface area contributed by atoms with Gasteiger partial charge in [-0.1, -0.05) is 20.8 Å². The minimum absolute atomic E-state index is 0.100. The highest BCUT2D eigenvalue weighted by Gasteiger charge is 2.44. The molecule has 3 N–H and O–H groups in total. The number of carbonyl (C=O) groups excluding carboxylic acids is 1. The van der Waals surface area contributed by atoms with Crippen LogP contribution in [0.3, 0.4) is 0 Å². The summed E-state index contributed by atoms with van der Waals surface area (Å²) in [6.07, 6.45) is 0. The number of carbonyl (C=O) groups is 1. The molecule has 1 aliphatic rings. The molecule has 1 rings (SSSR count).